The summed E-state index contributed by atoms with van der Waals surface area (Å²) in [5, 5.41) is 3.50. The maximum Gasteiger partial charge on any atom is 0.250 e. The van der Waals surface area contributed by atoms with Crippen LogP contribution in [0.2, 0.25) is 0 Å². The first-order valence-corrected chi connectivity index (χ1v) is 5.12. The molecule has 0 aromatic heterocycles. The average molecular weight is 219 g/mol. The van der Waals surface area contributed by atoms with Crippen LogP contribution in [0.15, 0.2) is 0 Å². The predicted octanol–water partition coefficient (Wildman–Crippen LogP) is -1.15. The van der Waals surface area contributed by atoms with Crippen molar-refractivity contribution < 1.29 is 17.0 Å². The lowest BCUT2D eigenvalue weighted by Crippen LogP contribution is -3.00. The number of amidine groups is 1. The highest BCUT2D eigenvalue weighted by atomic mass is 35.5. The van der Waals surface area contributed by atoms with Gasteiger partial charge in [0.15, 0.2) is 0 Å². The molecule has 3 heteroatoms. The maximum atomic E-state index is 3.50. The van der Waals surface area contributed by atoms with Crippen molar-refractivity contribution in [1.82, 2.24) is 5.32 Å². The van der Waals surface area contributed by atoms with E-state index in [1.54, 1.807) is 0 Å². The number of nitrogens with zero attached hydrogens (tertiary/aromatic N) is 1. The molecule has 0 saturated heterocycles. The number of hydrogen-bond acceptors (Lipinski definition) is 1. The number of halogens is 1. The molecule has 14 heavy (non-hydrogen) atoms. The third kappa shape index (κ3) is 2.88. The van der Waals surface area contributed by atoms with Crippen molar-refractivity contribution in [1.29, 1.82) is 0 Å². The molecule has 0 unspecified atom stereocenters. The minimum Gasteiger partial charge on any atom is -1.00 e. The second kappa shape index (κ2) is 4.09. The Labute approximate surface area is 94.2 Å². The molecule has 1 rings (SSSR count). The van der Waals surface area contributed by atoms with Crippen LogP contribution in [-0.4, -0.2) is 29.0 Å². The molecule has 1 heterocycles. The normalized spacial score (nSPS) is 17.9. The zero-order chi connectivity index (χ0) is 10.3. The molecule has 1 aliphatic heterocycles. The van der Waals surface area contributed by atoms with Crippen molar-refractivity contribution in [2.24, 2.45) is 5.41 Å². The Bertz CT molecular complexity index is 207. The Kier molecular flexibility index (Phi) is 4.02. The summed E-state index contributed by atoms with van der Waals surface area (Å²) in [6, 6.07) is 0. The van der Waals surface area contributed by atoms with Gasteiger partial charge in [0.25, 0.3) is 5.84 Å². The summed E-state index contributed by atoms with van der Waals surface area (Å²) in [5.74, 6) is 1.39. The highest BCUT2D eigenvalue weighted by Crippen LogP contribution is 2.20. The van der Waals surface area contributed by atoms with E-state index in [2.05, 4.69) is 51.4 Å². The van der Waals surface area contributed by atoms with Gasteiger partial charge in [-0.2, -0.15) is 0 Å². The fourth-order valence-electron chi connectivity index (χ4n) is 1.83. The summed E-state index contributed by atoms with van der Waals surface area (Å²) >= 11 is 0. The lowest BCUT2D eigenvalue weighted by atomic mass is 9.93. The van der Waals surface area contributed by atoms with Crippen LogP contribution in [0.5, 0.6) is 0 Å². The van der Waals surface area contributed by atoms with Crippen LogP contribution in [0.4, 0.5) is 0 Å². The molecule has 0 radical (unpaired) electrons. The third-order valence-corrected chi connectivity index (χ3v) is 2.42. The molecule has 0 aliphatic carbocycles. The van der Waals surface area contributed by atoms with Gasteiger partial charge in [-0.15, -0.1) is 0 Å². The van der Waals surface area contributed by atoms with E-state index >= 15 is 0 Å². The Morgan fingerprint density at radius 3 is 1.86 bits per heavy atom. The molecule has 1 aliphatic rings. The molecule has 0 saturated carbocycles. The van der Waals surface area contributed by atoms with E-state index in [9.17, 15) is 0 Å². The van der Waals surface area contributed by atoms with Crippen molar-refractivity contribution in [2.45, 2.75) is 47.1 Å². The van der Waals surface area contributed by atoms with E-state index < -0.39 is 0 Å². The number of nitrogens with one attached hydrogen (secondary N) is 1. The summed E-state index contributed by atoms with van der Waals surface area (Å²) < 4.78 is 2.48. The van der Waals surface area contributed by atoms with Crippen molar-refractivity contribution in [3.8, 4) is 0 Å². The van der Waals surface area contributed by atoms with Gasteiger partial charge in [-0.05, 0) is 41.5 Å². The molecule has 0 fully saturated rings. The predicted molar refractivity (Wildman–Crippen MR) is 57.3 cm³/mol. The van der Waals surface area contributed by atoms with Gasteiger partial charge in [-0.1, -0.05) is 0 Å². The number of hydrogen-bond donors (Lipinski definition) is 1. The lowest BCUT2D eigenvalue weighted by Gasteiger charge is -2.24. The lowest BCUT2D eigenvalue weighted by molar-refractivity contribution is -0.591. The first-order valence-electron chi connectivity index (χ1n) is 5.12. The van der Waals surface area contributed by atoms with Crippen LogP contribution in [0.25, 0.3) is 0 Å². The fourth-order valence-corrected chi connectivity index (χ4v) is 1.83. The summed E-state index contributed by atoms with van der Waals surface area (Å²) in [7, 11) is 0. The summed E-state index contributed by atoms with van der Waals surface area (Å²) in [5.41, 5.74) is 0.482. The van der Waals surface area contributed by atoms with Gasteiger partial charge in [0, 0.05) is 0 Å². The summed E-state index contributed by atoms with van der Waals surface area (Å²) in [4.78, 5) is 0. The largest absolute Gasteiger partial charge is 1.00 e. The van der Waals surface area contributed by atoms with Crippen molar-refractivity contribution in [2.75, 3.05) is 13.1 Å². The SMILES string of the molecule is CC(C)(C)C1=[N+](C(C)(C)C)CCN1.[Cl-]. The second-order valence-electron chi connectivity index (χ2n) is 5.85. The molecule has 0 atom stereocenters. The van der Waals surface area contributed by atoms with E-state index in [1.165, 1.54) is 5.84 Å². The van der Waals surface area contributed by atoms with Crippen LogP contribution in [0.1, 0.15) is 41.5 Å². The van der Waals surface area contributed by atoms with Gasteiger partial charge in [0.2, 0.25) is 0 Å². The summed E-state index contributed by atoms with van der Waals surface area (Å²) in [6.07, 6.45) is 0. The van der Waals surface area contributed by atoms with E-state index in [1.807, 2.05) is 0 Å². The van der Waals surface area contributed by atoms with Gasteiger partial charge < -0.3 is 12.4 Å². The van der Waals surface area contributed by atoms with Crippen molar-refractivity contribution in [3.05, 3.63) is 0 Å². The zero-order valence-electron chi connectivity index (χ0n) is 10.2. The highest BCUT2D eigenvalue weighted by molar-refractivity contribution is 5.83. The van der Waals surface area contributed by atoms with Crippen LogP contribution in [0, 0.1) is 5.41 Å². The quantitative estimate of drug-likeness (QED) is 0.508. The molecule has 1 N–H and O–H groups in total. The monoisotopic (exact) mass is 218 g/mol. The Morgan fingerprint density at radius 1 is 1.07 bits per heavy atom. The van der Waals surface area contributed by atoms with Crippen LogP contribution in [0.3, 0.4) is 0 Å². The standard InChI is InChI=1S/C11H22N2.ClH/c1-10(2,3)9-12-7-8-13(9)11(4,5)6;/h7-8H2,1-6H3;1H. The minimum atomic E-state index is 0. The molecule has 0 bridgehead atoms. The maximum absolute atomic E-state index is 3.50. The third-order valence-electron chi connectivity index (χ3n) is 2.42. The molecule has 0 spiro atoms. The van der Waals surface area contributed by atoms with Crippen molar-refractivity contribution in [3.63, 3.8) is 0 Å². The highest BCUT2D eigenvalue weighted by Gasteiger charge is 2.36. The fraction of sp³-hybridized carbons (Fsp3) is 0.909. The topological polar surface area (TPSA) is 15.0 Å². The van der Waals surface area contributed by atoms with Gasteiger partial charge in [-0.25, -0.2) is 0 Å². The Hall–Kier alpha value is -0.240. The molecule has 0 amide bonds. The van der Waals surface area contributed by atoms with Gasteiger partial charge in [-0.3, -0.25) is 9.89 Å². The molecule has 0 aromatic rings. The molecular formula is C11H23ClN2. The van der Waals surface area contributed by atoms with Crippen LogP contribution in [-0.2, 0) is 0 Å². The van der Waals surface area contributed by atoms with Crippen LogP contribution >= 0.6 is 0 Å². The number of rotatable bonds is 0. The van der Waals surface area contributed by atoms with Crippen molar-refractivity contribution >= 4 is 5.84 Å². The Morgan fingerprint density at radius 2 is 1.57 bits per heavy atom. The first-order chi connectivity index (χ1) is 5.73. The van der Waals surface area contributed by atoms with E-state index in [0.29, 0.717) is 0 Å². The zero-order valence-corrected chi connectivity index (χ0v) is 11.0. The van der Waals surface area contributed by atoms with Gasteiger partial charge in [0.1, 0.15) is 13.1 Å². The van der Waals surface area contributed by atoms with Gasteiger partial charge in [0.05, 0.1) is 11.0 Å². The smallest absolute Gasteiger partial charge is 0.250 e. The average Bonchev–Trinajstić information content (AvgIpc) is 2.27. The van der Waals surface area contributed by atoms with E-state index in [4.69, 9.17) is 0 Å². The Balaban J connectivity index is 0.00000169. The molecule has 84 valence electrons. The van der Waals surface area contributed by atoms with E-state index in [-0.39, 0.29) is 23.4 Å². The molecular weight excluding hydrogens is 196 g/mol. The van der Waals surface area contributed by atoms with Gasteiger partial charge >= 0.3 is 0 Å². The van der Waals surface area contributed by atoms with Crippen LogP contribution < -0.4 is 17.7 Å². The summed E-state index contributed by atoms with van der Waals surface area (Å²) in [6.45, 7) is 15.8. The second-order valence-corrected chi connectivity index (χ2v) is 5.85. The molecule has 2 nitrogen and oxygen atoms in total. The van der Waals surface area contributed by atoms with E-state index in [0.717, 1.165) is 13.1 Å². The minimum absolute atomic E-state index is 0. The molecule has 0 aromatic carbocycles. The first kappa shape index (κ1) is 13.8.